The zero-order valence-electron chi connectivity index (χ0n) is 13.7. The number of hydrogen-bond donors (Lipinski definition) is 0. The second-order valence-electron chi connectivity index (χ2n) is 5.23. The van der Waals surface area contributed by atoms with Crippen LogP contribution in [0.15, 0.2) is 83.3 Å². The highest BCUT2D eigenvalue weighted by Crippen LogP contribution is 2.08. The molecule has 0 unspecified atom stereocenters. The third-order valence-corrected chi connectivity index (χ3v) is 4.55. The van der Waals surface area contributed by atoms with Gasteiger partial charge in [-0.25, -0.2) is 0 Å². The van der Waals surface area contributed by atoms with Crippen LogP contribution in [0.25, 0.3) is 6.08 Å². The number of nitrogens with zero attached hydrogens (tertiary/aromatic N) is 2. The molecule has 124 valence electrons. The maximum Gasteiger partial charge on any atom is 0.322 e. The zero-order chi connectivity index (χ0) is 17.4. The molecule has 0 spiro atoms. The standard InChI is InChI=1S/C19H20N2O2S/c1-21(2)24(22,23)20-19(18-14-7-4-8-15-18)16-10-9-13-17-11-5-3-6-12-17/h3-16H,1-2H3/b13-9+,16-10+,20-19-. The summed E-state index contributed by atoms with van der Waals surface area (Å²) in [6, 6.07) is 19.1. The van der Waals surface area contributed by atoms with Gasteiger partial charge in [0.2, 0.25) is 0 Å². The fourth-order valence-electron chi connectivity index (χ4n) is 1.87. The molecule has 4 nitrogen and oxygen atoms in total. The largest absolute Gasteiger partial charge is 0.322 e. The van der Waals surface area contributed by atoms with Crippen LogP contribution < -0.4 is 0 Å². The first-order valence-corrected chi connectivity index (χ1v) is 8.86. The molecule has 0 bridgehead atoms. The molecule has 24 heavy (non-hydrogen) atoms. The molecule has 2 aromatic rings. The van der Waals surface area contributed by atoms with Crippen LogP contribution in [0.4, 0.5) is 0 Å². The number of hydrogen-bond acceptors (Lipinski definition) is 2. The van der Waals surface area contributed by atoms with Gasteiger partial charge in [-0.3, -0.25) is 0 Å². The van der Waals surface area contributed by atoms with Crippen LogP contribution >= 0.6 is 0 Å². The molecule has 2 rings (SSSR count). The Kier molecular flexibility index (Phi) is 6.23. The SMILES string of the molecule is CN(C)S(=O)(=O)/N=C(/C=C/C=C/c1ccccc1)c1ccccc1. The van der Waals surface area contributed by atoms with Crippen LogP contribution in [-0.4, -0.2) is 32.5 Å². The van der Waals surface area contributed by atoms with E-state index in [-0.39, 0.29) is 0 Å². The van der Waals surface area contributed by atoms with Gasteiger partial charge < -0.3 is 0 Å². The molecule has 5 heteroatoms. The van der Waals surface area contributed by atoms with E-state index in [4.69, 9.17) is 0 Å². The van der Waals surface area contributed by atoms with Gasteiger partial charge in [0.15, 0.2) is 0 Å². The Hall–Kier alpha value is -2.50. The predicted molar refractivity (Wildman–Crippen MR) is 100 cm³/mol. The lowest BCUT2D eigenvalue weighted by Crippen LogP contribution is -2.21. The highest BCUT2D eigenvalue weighted by atomic mass is 32.2. The van der Waals surface area contributed by atoms with Crippen molar-refractivity contribution in [3.8, 4) is 0 Å². The molecule has 0 amide bonds. The molecule has 2 aromatic carbocycles. The molecule has 0 aromatic heterocycles. The molecule has 0 N–H and O–H groups in total. The van der Waals surface area contributed by atoms with Gasteiger partial charge in [-0.05, 0) is 11.6 Å². The first-order valence-electron chi connectivity index (χ1n) is 7.47. The Balaban J connectivity index is 2.29. The summed E-state index contributed by atoms with van der Waals surface area (Å²) >= 11 is 0. The summed E-state index contributed by atoms with van der Waals surface area (Å²) in [7, 11) is -0.771. The second-order valence-corrected chi connectivity index (χ2v) is 7.04. The third-order valence-electron chi connectivity index (χ3n) is 3.20. The van der Waals surface area contributed by atoms with Crippen LogP contribution in [0.1, 0.15) is 11.1 Å². The highest BCUT2D eigenvalue weighted by Gasteiger charge is 2.13. The van der Waals surface area contributed by atoms with Crippen LogP contribution in [0.5, 0.6) is 0 Å². The monoisotopic (exact) mass is 340 g/mol. The van der Waals surface area contributed by atoms with Crippen molar-refractivity contribution in [1.82, 2.24) is 4.31 Å². The van der Waals surface area contributed by atoms with E-state index in [2.05, 4.69) is 4.40 Å². The van der Waals surface area contributed by atoms with E-state index in [1.165, 1.54) is 14.1 Å². The van der Waals surface area contributed by atoms with Crippen molar-refractivity contribution >= 4 is 22.0 Å². The summed E-state index contributed by atoms with van der Waals surface area (Å²) in [4.78, 5) is 0. The molecule has 0 aliphatic rings. The van der Waals surface area contributed by atoms with Gasteiger partial charge in [-0.1, -0.05) is 78.9 Å². The van der Waals surface area contributed by atoms with Crippen LogP contribution in [-0.2, 0) is 10.2 Å². The lowest BCUT2D eigenvalue weighted by Gasteiger charge is -2.08. The highest BCUT2D eigenvalue weighted by molar-refractivity contribution is 7.87. The third kappa shape index (κ3) is 5.30. The zero-order valence-corrected chi connectivity index (χ0v) is 14.5. The van der Waals surface area contributed by atoms with Gasteiger partial charge in [0, 0.05) is 19.7 Å². The summed E-state index contributed by atoms with van der Waals surface area (Å²) in [5, 5.41) is 0. The van der Waals surface area contributed by atoms with Gasteiger partial charge in [-0.15, -0.1) is 4.40 Å². The minimum Gasteiger partial charge on any atom is -0.189 e. The van der Waals surface area contributed by atoms with Crippen molar-refractivity contribution in [3.63, 3.8) is 0 Å². The number of benzene rings is 2. The maximum absolute atomic E-state index is 12.1. The molecule has 0 heterocycles. The van der Waals surface area contributed by atoms with Gasteiger partial charge in [0.1, 0.15) is 0 Å². The van der Waals surface area contributed by atoms with Gasteiger partial charge in [0.05, 0.1) is 5.71 Å². The molecule has 0 saturated carbocycles. The Labute approximate surface area is 143 Å². The van der Waals surface area contributed by atoms with E-state index in [1.807, 2.05) is 72.8 Å². The van der Waals surface area contributed by atoms with E-state index >= 15 is 0 Å². The molecule has 0 atom stereocenters. The Morgan fingerprint density at radius 2 is 1.50 bits per heavy atom. The van der Waals surface area contributed by atoms with Crippen LogP contribution in [0.3, 0.4) is 0 Å². The van der Waals surface area contributed by atoms with Crippen molar-refractivity contribution in [3.05, 3.63) is 90.0 Å². The maximum atomic E-state index is 12.1. The summed E-state index contributed by atoms with van der Waals surface area (Å²) in [6.07, 6.45) is 7.27. The molecular formula is C19H20N2O2S. The normalized spacial score (nSPS) is 13.2. The number of rotatable bonds is 6. The van der Waals surface area contributed by atoms with Crippen molar-refractivity contribution in [2.45, 2.75) is 0 Å². The smallest absolute Gasteiger partial charge is 0.189 e. The average molecular weight is 340 g/mol. The Bertz CT molecular complexity index is 837. The first-order chi connectivity index (χ1) is 11.5. The second kappa shape index (κ2) is 8.38. The molecule has 0 saturated heterocycles. The Morgan fingerprint density at radius 1 is 0.917 bits per heavy atom. The van der Waals surface area contributed by atoms with E-state index < -0.39 is 10.2 Å². The summed E-state index contributed by atoms with van der Waals surface area (Å²) in [5.41, 5.74) is 2.20. The van der Waals surface area contributed by atoms with E-state index in [0.717, 1.165) is 15.4 Å². The van der Waals surface area contributed by atoms with Crippen LogP contribution in [0, 0.1) is 0 Å². The number of allylic oxidation sites excluding steroid dienone is 3. The quantitative estimate of drug-likeness (QED) is 0.596. The Morgan fingerprint density at radius 3 is 2.08 bits per heavy atom. The average Bonchev–Trinajstić information content (AvgIpc) is 2.59. The van der Waals surface area contributed by atoms with Crippen LogP contribution in [0.2, 0.25) is 0 Å². The molecule has 0 radical (unpaired) electrons. The molecular weight excluding hydrogens is 320 g/mol. The van der Waals surface area contributed by atoms with Gasteiger partial charge >= 0.3 is 10.2 Å². The molecule has 0 fully saturated rings. The lowest BCUT2D eigenvalue weighted by molar-refractivity contribution is 0.523. The van der Waals surface area contributed by atoms with Gasteiger partial charge in [-0.2, -0.15) is 12.7 Å². The van der Waals surface area contributed by atoms with E-state index in [9.17, 15) is 8.42 Å². The fraction of sp³-hybridized carbons (Fsp3) is 0.105. The molecule has 0 aliphatic heterocycles. The van der Waals surface area contributed by atoms with Crippen molar-refractivity contribution in [1.29, 1.82) is 0 Å². The topological polar surface area (TPSA) is 49.7 Å². The fourth-order valence-corrected chi connectivity index (χ4v) is 2.45. The van der Waals surface area contributed by atoms with Gasteiger partial charge in [0.25, 0.3) is 0 Å². The lowest BCUT2D eigenvalue weighted by atomic mass is 10.1. The van der Waals surface area contributed by atoms with Crippen molar-refractivity contribution in [2.75, 3.05) is 14.1 Å². The van der Waals surface area contributed by atoms with Crippen molar-refractivity contribution in [2.24, 2.45) is 4.40 Å². The predicted octanol–water partition coefficient (Wildman–Crippen LogP) is 3.55. The minimum atomic E-state index is -3.69. The van der Waals surface area contributed by atoms with E-state index in [1.54, 1.807) is 12.2 Å². The summed E-state index contributed by atoms with van der Waals surface area (Å²) in [6.45, 7) is 0. The first kappa shape index (κ1) is 17.8. The molecule has 0 aliphatic carbocycles. The summed E-state index contributed by atoms with van der Waals surface area (Å²) < 4.78 is 29.1. The van der Waals surface area contributed by atoms with E-state index in [0.29, 0.717) is 5.71 Å². The minimum absolute atomic E-state index is 0.391. The summed E-state index contributed by atoms with van der Waals surface area (Å²) in [5.74, 6) is 0. The van der Waals surface area contributed by atoms with Crippen molar-refractivity contribution < 1.29 is 8.42 Å².